The van der Waals surface area contributed by atoms with Crippen LogP contribution in [0.4, 0.5) is 22.0 Å². The number of amides is 1. The smallest absolute Gasteiger partial charge is 0.490 e. The van der Waals surface area contributed by atoms with E-state index in [0.29, 0.717) is 17.5 Å². The number of halogens is 5. The quantitative estimate of drug-likeness (QED) is 0.505. The Morgan fingerprint density at radius 2 is 1.86 bits per heavy atom. The van der Waals surface area contributed by atoms with Crippen LogP contribution in [0.15, 0.2) is 36.4 Å². The van der Waals surface area contributed by atoms with Gasteiger partial charge in [-0.15, -0.1) is 0 Å². The molecule has 1 aliphatic heterocycles. The number of hydrogen-bond donors (Lipinski definition) is 3. The lowest BCUT2D eigenvalue weighted by Gasteiger charge is -2.23. The summed E-state index contributed by atoms with van der Waals surface area (Å²) in [6.07, 6.45) is -1.93. The zero-order valence-electron chi connectivity index (χ0n) is 19.2. The van der Waals surface area contributed by atoms with Crippen LogP contribution in [0.5, 0.6) is 5.75 Å². The summed E-state index contributed by atoms with van der Waals surface area (Å²) in [6.45, 7) is 0.806. The molecule has 0 radical (unpaired) electrons. The molecular formula is C24H24F5N3O4. The summed E-state index contributed by atoms with van der Waals surface area (Å²) in [5, 5.41) is 22.5. The molecule has 1 fully saturated rings. The number of carboxylic acids is 1. The summed E-state index contributed by atoms with van der Waals surface area (Å²) in [6, 6.07) is 10.2. The predicted molar refractivity (Wildman–Crippen MR) is 119 cm³/mol. The lowest BCUT2D eigenvalue weighted by Crippen LogP contribution is -2.49. The number of carbonyl (C=O) groups excluding carboxylic acids is 1. The fourth-order valence-electron chi connectivity index (χ4n) is 3.52. The lowest BCUT2D eigenvalue weighted by molar-refractivity contribution is -0.192. The van der Waals surface area contributed by atoms with Gasteiger partial charge in [-0.25, -0.2) is 13.6 Å². The van der Waals surface area contributed by atoms with Gasteiger partial charge in [0.15, 0.2) is 11.6 Å². The molecule has 1 saturated heterocycles. The van der Waals surface area contributed by atoms with Crippen molar-refractivity contribution < 1.29 is 41.4 Å². The first-order valence-electron chi connectivity index (χ1n) is 10.8. The predicted octanol–water partition coefficient (Wildman–Crippen LogP) is 3.97. The zero-order chi connectivity index (χ0) is 26.9. The van der Waals surface area contributed by atoms with Crippen LogP contribution in [-0.2, 0) is 16.0 Å². The summed E-state index contributed by atoms with van der Waals surface area (Å²) in [7, 11) is 1.33. The Bertz CT molecular complexity index is 1090. The highest BCUT2D eigenvalue weighted by Gasteiger charge is 2.38. The van der Waals surface area contributed by atoms with Crippen molar-refractivity contribution in [3.05, 3.63) is 53.6 Å². The highest BCUT2D eigenvalue weighted by atomic mass is 19.4. The van der Waals surface area contributed by atoms with Crippen molar-refractivity contribution in [2.75, 3.05) is 13.7 Å². The Morgan fingerprint density at radius 1 is 1.22 bits per heavy atom. The third-order valence-corrected chi connectivity index (χ3v) is 5.26. The first-order chi connectivity index (χ1) is 17.0. The number of nitrogens with one attached hydrogen (secondary N) is 2. The average Bonchev–Trinajstić information content (AvgIpc) is 2.84. The molecule has 2 aromatic rings. The minimum atomic E-state index is -5.08. The number of carbonyl (C=O) groups is 2. The molecule has 0 saturated carbocycles. The number of alkyl halides is 3. The SMILES string of the molecule is COc1c(F)cc(F)cc1-c1ccc(C[C@@H](C#N)NC(=O)[C@@H]2CCCCN2)cc1.O=C(O)C(F)(F)F. The van der Waals surface area contributed by atoms with Crippen molar-refractivity contribution >= 4 is 11.9 Å². The van der Waals surface area contributed by atoms with E-state index in [1.54, 1.807) is 24.3 Å². The monoisotopic (exact) mass is 513 g/mol. The zero-order valence-corrected chi connectivity index (χ0v) is 19.2. The first-order valence-corrected chi connectivity index (χ1v) is 10.8. The number of rotatable bonds is 6. The molecule has 0 aliphatic carbocycles. The van der Waals surface area contributed by atoms with Crippen LogP contribution in [0, 0.1) is 23.0 Å². The van der Waals surface area contributed by atoms with Gasteiger partial charge in [-0.2, -0.15) is 18.4 Å². The summed E-state index contributed by atoms with van der Waals surface area (Å²) in [4.78, 5) is 21.2. The minimum absolute atomic E-state index is 0.0266. The number of hydrogen-bond acceptors (Lipinski definition) is 5. The van der Waals surface area contributed by atoms with Crippen LogP contribution in [0.25, 0.3) is 11.1 Å². The largest absolute Gasteiger partial charge is 0.493 e. The van der Waals surface area contributed by atoms with Crippen molar-refractivity contribution in [2.45, 2.75) is 43.9 Å². The third kappa shape index (κ3) is 8.20. The highest BCUT2D eigenvalue weighted by molar-refractivity contribution is 5.82. The van der Waals surface area contributed by atoms with E-state index in [-0.39, 0.29) is 17.7 Å². The fourth-order valence-corrected chi connectivity index (χ4v) is 3.52. The summed E-state index contributed by atoms with van der Waals surface area (Å²) >= 11 is 0. The van der Waals surface area contributed by atoms with Crippen molar-refractivity contribution in [3.63, 3.8) is 0 Å². The highest BCUT2D eigenvalue weighted by Crippen LogP contribution is 2.33. The van der Waals surface area contributed by atoms with Gasteiger partial charge in [-0.1, -0.05) is 30.7 Å². The second-order valence-corrected chi connectivity index (χ2v) is 7.87. The van der Waals surface area contributed by atoms with E-state index < -0.39 is 29.8 Å². The Morgan fingerprint density at radius 3 is 2.36 bits per heavy atom. The van der Waals surface area contributed by atoms with E-state index >= 15 is 0 Å². The van der Waals surface area contributed by atoms with Gasteiger partial charge < -0.3 is 20.5 Å². The number of aliphatic carboxylic acids is 1. The van der Waals surface area contributed by atoms with Gasteiger partial charge in [0.25, 0.3) is 0 Å². The molecule has 2 atom stereocenters. The normalized spacial score (nSPS) is 16.1. The van der Waals surface area contributed by atoms with Crippen LogP contribution in [0.2, 0.25) is 0 Å². The topological polar surface area (TPSA) is 111 Å². The molecule has 36 heavy (non-hydrogen) atoms. The van der Waals surface area contributed by atoms with Gasteiger partial charge in [0.2, 0.25) is 5.91 Å². The number of nitriles is 1. The van der Waals surface area contributed by atoms with Gasteiger partial charge in [0, 0.05) is 18.1 Å². The minimum Gasteiger partial charge on any atom is -0.493 e. The maximum atomic E-state index is 13.9. The van der Waals surface area contributed by atoms with Gasteiger partial charge in [-0.05, 0) is 36.6 Å². The van der Waals surface area contributed by atoms with E-state index in [1.165, 1.54) is 13.2 Å². The maximum Gasteiger partial charge on any atom is 0.490 e. The molecule has 0 bridgehead atoms. The van der Waals surface area contributed by atoms with Gasteiger partial charge in [0.05, 0.1) is 19.2 Å². The number of ether oxygens (including phenoxy) is 1. The van der Waals surface area contributed by atoms with Crippen LogP contribution in [0.1, 0.15) is 24.8 Å². The van der Waals surface area contributed by atoms with Crippen molar-refractivity contribution in [1.82, 2.24) is 10.6 Å². The second-order valence-electron chi connectivity index (χ2n) is 7.87. The van der Waals surface area contributed by atoms with E-state index in [9.17, 15) is 32.0 Å². The van der Waals surface area contributed by atoms with Gasteiger partial charge in [-0.3, -0.25) is 4.79 Å². The van der Waals surface area contributed by atoms with Crippen molar-refractivity contribution in [3.8, 4) is 22.9 Å². The Kier molecular flexibility index (Phi) is 10.2. The van der Waals surface area contributed by atoms with Gasteiger partial charge in [0.1, 0.15) is 11.9 Å². The van der Waals surface area contributed by atoms with Crippen LogP contribution in [0.3, 0.4) is 0 Å². The van der Waals surface area contributed by atoms with Crippen LogP contribution in [-0.4, -0.2) is 48.9 Å². The van der Waals surface area contributed by atoms with E-state index in [2.05, 4.69) is 16.7 Å². The number of methoxy groups -OCH3 is 1. The average molecular weight is 513 g/mol. The number of nitrogens with zero attached hydrogens (tertiary/aromatic N) is 1. The number of carboxylic acid groups (broad SMARTS) is 1. The van der Waals surface area contributed by atoms with Crippen molar-refractivity contribution in [1.29, 1.82) is 5.26 Å². The molecule has 12 heteroatoms. The molecule has 1 heterocycles. The molecule has 0 aromatic heterocycles. The second kappa shape index (κ2) is 12.8. The fraction of sp³-hybridized carbons (Fsp3) is 0.375. The van der Waals surface area contributed by atoms with Crippen LogP contribution < -0.4 is 15.4 Å². The molecular weight excluding hydrogens is 489 g/mol. The standard InChI is InChI=1S/C22H23F2N3O2.C2HF3O2/c1-29-21-18(11-16(23)12-19(21)24)15-7-5-14(6-8-15)10-17(13-25)27-22(28)20-4-2-3-9-26-20;3-2(4,5)1(6)7/h5-8,11-12,17,20,26H,2-4,9-10H2,1H3,(H,27,28);(H,6,7)/t17-,20-;/m0./s1. The molecule has 194 valence electrons. The Labute approximate surface area is 203 Å². The molecule has 7 nitrogen and oxygen atoms in total. The molecule has 3 rings (SSSR count). The van der Waals surface area contributed by atoms with Crippen molar-refractivity contribution in [2.24, 2.45) is 0 Å². The molecule has 3 N–H and O–H groups in total. The third-order valence-electron chi connectivity index (χ3n) is 5.26. The maximum absolute atomic E-state index is 13.9. The number of piperidine rings is 1. The molecule has 1 aliphatic rings. The molecule has 1 amide bonds. The lowest BCUT2D eigenvalue weighted by atomic mass is 9.99. The Balaban J connectivity index is 0.000000572. The summed E-state index contributed by atoms with van der Waals surface area (Å²) < 4.78 is 64.3. The van der Waals surface area contributed by atoms with Crippen LogP contribution >= 0.6 is 0 Å². The summed E-state index contributed by atoms with van der Waals surface area (Å²) in [5.41, 5.74) is 1.73. The van der Waals surface area contributed by atoms with E-state index in [4.69, 9.17) is 14.6 Å². The van der Waals surface area contributed by atoms with E-state index in [0.717, 1.165) is 37.4 Å². The van der Waals surface area contributed by atoms with Gasteiger partial charge >= 0.3 is 12.1 Å². The summed E-state index contributed by atoms with van der Waals surface area (Å²) in [5.74, 6) is -4.40. The molecule has 2 aromatic carbocycles. The molecule has 0 spiro atoms. The first kappa shape index (κ1) is 28.5. The number of benzene rings is 2. The van der Waals surface area contributed by atoms with E-state index in [1.807, 2.05) is 0 Å². The molecule has 0 unspecified atom stereocenters. The Hall–Kier alpha value is -3.72.